The van der Waals surface area contributed by atoms with Gasteiger partial charge in [-0.2, -0.15) is 0 Å². The molecule has 104 valence electrons. The second-order valence-corrected chi connectivity index (χ2v) is 6.01. The summed E-state index contributed by atoms with van der Waals surface area (Å²) < 4.78 is 0. The van der Waals surface area contributed by atoms with Crippen LogP contribution in [0, 0.1) is 5.92 Å². The van der Waals surface area contributed by atoms with E-state index in [4.69, 9.17) is 0 Å². The van der Waals surface area contributed by atoms with E-state index in [9.17, 15) is 4.79 Å². The predicted octanol–water partition coefficient (Wildman–Crippen LogP) is 2.21. The molecule has 1 heterocycles. The summed E-state index contributed by atoms with van der Waals surface area (Å²) in [5.41, 5.74) is 2.74. The molecule has 2 N–H and O–H groups in total. The first kappa shape index (κ1) is 14.1. The van der Waals surface area contributed by atoms with E-state index in [2.05, 4.69) is 55.7 Å². The topological polar surface area (TPSA) is 41.1 Å². The molecule has 0 radical (unpaired) electrons. The number of hydrogen-bond acceptors (Lipinski definition) is 2. The molecule has 19 heavy (non-hydrogen) atoms. The summed E-state index contributed by atoms with van der Waals surface area (Å²) >= 11 is 0. The van der Waals surface area contributed by atoms with Crippen molar-refractivity contribution in [2.75, 3.05) is 13.1 Å². The van der Waals surface area contributed by atoms with E-state index >= 15 is 0 Å². The molecule has 1 aromatic rings. The zero-order valence-corrected chi connectivity index (χ0v) is 12.1. The molecule has 0 aromatic heterocycles. The largest absolute Gasteiger partial charge is 0.352 e. The summed E-state index contributed by atoms with van der Waals surface area (Å²) in [4.78, 5) is 11.7. The summed E-state index contributed by atoms with van der Waals surface area (Å²) in [6, 6.07) is 8.59. The maximum absolute atomic E-state index is 11.7. The van der Waals surface area contributed by atoms with Crippen molar-refractivity contribution >= 4 is 5.91 Å². The normalized spacial score (nSPS) is 15.9. The number of benzene rings is 1. The van der Waals surface area contributed by atoms with Gasteiger partial charge in [-0.1, -0.05) is 45.0 Å². The quantitative estimate of drug-likeness (QED) is 0.852. The Labute approximate surface area is 115 Å². The van der Waals surface area contributed by atoms with Gasteiger partial charge in [0, 0.05) is 19.6 Å². The van der Waals surface area contributed by atoms with Crippen LogP contribution < -0.4 is 10.6 Å². The van der Waals surface area contributed by atoms with Crippen LogP contribution in [-0.4, -0.2) is 19.0 Å². The Morgan fingerprint density at radius 2 is 1.95 bits per heavy atom. The fourth-order valence-corrected chi connectivity index (χ4v) is 2.09. The maximum atomic E-state index is 11.7. The van der Waals surface area contributed by atoms with Crippen LogP contribution in [-0.2, 0) is 16.8 Å². The van der Waals surface area contributed by atoms with Gasteiger partial charge in [0.1, 0.15) is 0 Å². The second kappa shape index (κ2) is 5.74. The van der Waals surface area contributed by atoms with Gasteiger partial charge in [0.25, 0.3) is 0 Å². The molecule has 3 nitrogen and oxygen atoms in total. The number of carbonyl (C=O) groups is 1. The number of rotatable bonds is 5. The van der Waals surface area contributed by atoms with Gasteiger partial charge in [0.05, 0.1) is 5.92 Å². The van der Waals surface area contributed by atoms with Crippen LogP contribution in [0.1, 0.15) is 38.3 Å². The van der Waals surface area contributed by atoms with Crippen molar-refractivity contribution in [2.45, 2.75) is 39.2 Å². The van der Waals surface area contributed by atoms with Gasteiger partial charge in [-0.05, 0) is 23.0 Å². The van der Waals surface area contributed by atoms with Gasteiger partial charge in [-0.15, -0.1) is 0 Å². The Bertz CT molecular complexity index is 433. The molecule has 0 atom stereocenters. The number of amides is 1. The maximum Gasteiger partial charge on any atom is 0.225 e. The molecule has 1 aliphatic rings. The van der Waals surface area contributed by atoms with Crippen LogP contribution in [0.5, 0.6) is 0 Å². The Kier molecular flexibility index (Phi) is 4.25. The van der Waals surface area contributed by atoms with Crippen molar-refractivity contribution in [1.82, 2.24) is 10.6 Å². The highest BCUT2D eigenvalue weighted by Crippen LogP contribution is 2.26. The number of nitrogens with one attached hydrogen (secondary N) is 2. The third kappa shape index (κ3) is 3.35. The van der Waals surface area contributed by atoms with E-state index in [1.165, 1.54) is 5.56 Å². The highest BCUT2D eigenvalue weighted by Gasteiger charge is 2.24. The molecule has 1 saturated heterocycles. The Morgan fingerprint density at radius 3 is 2.42 bits per heavy atom. The monoisotopic (exact) mass is 260 g/mol. The van der Waals surface area contributed by atoms with Crippen molar-refractivity contribution in [3.05, 3.63) is 35.4 Å². The molecule has 0 saturated carbocycles. The van der Waals surface area contributed by atoms with Gasteiger partial charge in [-0.25, -0.2) is 0 Å². The smallest absolute Gasteiger partial charge is 0.225 e. The van der Waals surface area contributed by atoms with Crippen LogP contribution in [0.2, 0.25) is 0 Å². The Balaban J connectivity index is 1.89. The lowest BCUT2D eigenvalue weighted by Gasteiger charge is -2.26. The molecular formula is C16H24N2O. The van der Waals surface area contributed by atoms with E-state index < -0.39 is 0 Å². The number of hydrogen-bond donors (Lipinski definition) is 2. The molecule has 1 amide bonds. The summed E-state index contributed by atoms with van der Waals surface area (Å²) in [5.74, 6) is 0.329. The van der Waals surface area contributed by atoms with E-state index in [-0.39, 0.29) is 17.2 Å². The van der Waals surface area contributed by atoms with Gasteiger partial charge < -0.3 is 10.6 Å². The summed E-state index contributed by atoms with van der Waals surface area (Å²) in [7, 11) is 0. The minimum Gasteiger partial charge on any atom is -0.352 e. The summed E-state index contributed by atoms with van der Waals surface area (Å²) in [6.07, 6.45) is 1.12. The summed E-state index contributed by atoms with van der Waals surface area (Å²) in [6.45, 7) is 8.98. The average molecular weight is 260 g/mol. The van der Waals surface area contributed by atoms with E-state index in [1.54, 1.807) is 0 Å². The van der Waals surface area contributed by atoms with Gasteiger partial charge >= 0.3 is 0 Å². The molecule has 1 fully saturated rings. The first-order valence-electron chi connectivity index (χ1n) is 7.11. The lowest BCUT2D eigenvalue weighted by molar-refractivity contribution is -0.126. The fraction of sp³-hybridized carbons (Fsp3) is 0.562. The molecule has 0 bridgehead atoms. The molecule has 3 heteroatoms. The van der Waals surface area contributed by atoms with Gasteiger partial charge in [0.15, 0.2) is 0 Å². The zero-order valence-electron chi connectivity index (χ0n) is 12.1. The molecule has 0 unspecified atom stereocenters. The molecule has 0 spiro atoms. The molecule has 0 aliphatic carbocycles. The Morgan fingerprint density at radius 1 is 1.32 bits per heavy atom. The third-order valence-corrected chi connectivity index (χ3v) is 4.24. The fourth-order valence-electron chi connectivity index (χ4n) is 2.09. The van der Waals surface area contributed by atoms with Crippen LogP contribution in [0.25, 0.3) is 0 Å². The molecule has 1 aliphatic heterocycles. The van der Waals surface area contributed by atoms with Crippen molar-refractivity contribution in [3.63, 3.8) is 0 Å². The Hall–Kier alpha value is -1.35. The summed E-state index contributed by atoms with van der Waals surface area (Å²) in [5, 5.41) is 6.10. The first-order chi connectivity index (χ1) is 9.03. The average Bonchev–Trinajstić information content (AvgIpc) is 2.35. The standard InChI is InChI=1S/C16H24N2O/c1-4-16(2,3)14-7-5-12(6-8-14)9-18-15(19)13-10-17-11-13/h5-8,13,17H,4,9-11H2,1-3H3,(H,18,19). The predicted molar refractivity (Wildman–Crippen MR) is 78.0 cm³/mol. The highest BCUT2D eigenvalue weighted by molar-refractivity contribution is 5.79. The van der Waals surface area contributed by atoms with Gasteiger partial charge in [-0.3, -0.25) is 4.79 Å². The van der Waals surface area contributed by atoms with Crippen molar-refractivity contribution in [2.24, 2.45) is 5.92 Å². The van der Waals surface area contributed by atoms with Crippen LogP contribution in [0.4, 0.5) is 0 Å². The molecule has 1 aromatic carbocycles. The zero-order chi connectivity index (χ0) is 13.9. The lowest BCUT2D eigenvalue weighted by Crippen LogP contribution is -2.50. The van der Waals surface area contributed by atoms with Crippen LogP contribution in [0.15, 0.2) is 24.3 Å². The third-order valence-electron chi connectivity index (χ3n) is 4.24. The second-order valence-electron chi connectivity index (χ2n) is 6.01. The lowest BCUT2D eigenvalue weighted by atomic mass is 9.82. The SMILES string of the molecule is CCC(C)(C)c1ccc(CNC(=O)C2CNC2)cc1. The number of carbonyl (C=O) groups excluding carboxylic acids is 1. The highest BCUT2D eigenvalue weighted by atomic mass is 16.2. The van der Waals surface area contributed by atoms with Crippen molar-refractivity contribution in [1.29, 1.82) is 0 Å². The minimum absolute atomic E-state index is 0.164. The van der Waals surface area contributed by atoms with E-state index in [0.717, 1.165) is 25.1 Å². The van der Waals surface area contributed by atoms with E-state index in [0.29, 0.717) is 6.54 Å². The van der Waals surface area contributed by atoms with Crippen LogP contribution >= 0.6 is 0 Å². The van der Waals surface area contributed by atoms with Crippen LogP contribution in [0.3, 0.4) is 0 Å². The molecular weight excluding hydrogens is 236 g/mol. The van der Waals surface area contributed by atoms with Crippen molar-refractivity contribution in [3.8, 4) is 0 Å². The molecule has 2 rings (SSSR count). The van der Waals surface area contributed by atoms with Crippen molar-refractivity contribution < 1.29 is 4.79 Å². The van der Waals surface area contributed by atoms with Gasteiger partial charge in [0.2, 0.25) is 5.91 Å². The van der Waals surface area contributed by atoms with E-state index in [1.807, 2.05) is 0 Å². The first-order valence-corrected chi connectivity index (χ1v) is 7.11. The minimum atomic E-state index is 0.164.